The number of carbonyl (C=O) groups excluding carboxylic acids is 2. The lowest BCUT2D eigenvalue weighted by atomic mass is 10.1. The monoisotopic (exact) mass is 442 g/mol. The van der Waals surface area contributed by atoms with E-state index in [9.17, 15) is 22.8 Å². The second-order valence-corrected chi connectivity index (χ2v) is 6.93. The highest BCUT2D eigenvalue weighted by atomic mass is 19.4. The molecule has 0 aliphatic carbocycles. The molecule has 3 aromatic rings. The Morgan fingerprint density at radius 1 is 0.719 bits per heavy atom. The van der Waals surface area contributed by atoms with Gasteiger partial charge in [0.05, 0.1) is 5.56 Å². The summed E-state index contributed by atoms with van der Waals surface area (Å²) >= 11 is 0. The number of amides is 2. The molecule has 164 valence electrons. The molecule has 0 unspecified atom stereocenters. The average Bonchev–Trinajstić information content (AvgIpc) is 2.78. The van der Waals surface area contributed by atoms with Crippen LogP contribution in [0.25, 0.3) is 0 Å². The highest BCUT2D eigenvalue weighted by Crippen LogP contribution is 2.32. The zero-order valence-electron chi connectivity index (χ0n) is 16.5. The van der Waals surface area contributed by atoms with E-state index in [2.05, 4.69) is 10.6 Å². The molecular weight excluding hydrogens is 425 g/mol. The topological polar surface area (TPSA) is 76.7 Å². The zero-order valence-corrected chi connectivity index (χ0v) is 16.5. The molecule has 1 heterocycles. The van der Waals surface area contributed by atoms with Gasteiger partial charge in [-0.25, -0.2) is 0 Å². The van der Waals surface area contributed by atoms with E-state index in [4.69, 9.17) is 9.47 Å². The van der Waals surface area contributed by atoms with Crippen molar-refractivity contribution in [1.29, 1.82) is 0 Å². The minimum Gasteiger partial charge on any atom is -0.486 e. The number of nitrogens with one attached hydrogen (secondary N) is 2. The highest BCUT2D eigenvalue weighted by Gasteiger charge is 2.30. The summed E-state index contributed by atoms with van der Waals surface area (Å²) < 4.78 is 49.5. The summed E-state index contributed by atoms with van der Waals surface area (Å²) in [6.07, 6.45) is -4.52. The maximum atomic E-state index is 12.9. The maximum absolute atomic E-state index is 12.9. The third-order valence-electron chi connectivity index (χ3n) is 4.63. The Balaban J connectivity index is 1.46. The van der Waals surface area contributed by atoms with Crippen molar-refractivity contribution < 1.29 is 32.2 Å². The maximum Gasteiger partial charge on any atom is 0.416 e. The summed E-state index contributed by atoms with van der Waals surface area (Å²) in [5, 5.41) is 5.12. The van der Waals surface area contributed by atoms with Crippen LogP contribution in [-0.4, -0.2) is 25.0 Å². The SMILES string of the molecule is O=C(Nc1cccc(C(F)(F)F)c1)c1cccc(NC(=O)c2ccc3c(c2)OCCO3)c1. The van der Waals surface area contributed by atoms with E-state index in [0.717, 1.165) is 12.1 Å². The number of halogens is 3. The molecule has 0 radical (unpaired) electrons. The number of hydrogen-bond acceptors (Lipinski definition) is 4. The smallest absolute Gasteiger partial charge is 0.416 e. The number of ether oxygens (including phenoxy) is 2. The van der Waals surface area contributed by atoms with E-state index >= 15 is 0 Å². The van der Waals surface area contributed by atoms with Gasteiger partial charge < -0.3 is 20.1 Å². The van der Waals surface area contributed by atoms with Crippen molar-refractivity contribution in [3.05, 3.63) is 83.4 Å². The normalized spacial score (nSPS) is 12.7. The fraction of sp³-hybridized carbons (Fsp3) is 0.130. The molecule has 3 aromatic carbocycles. The lowest BCUT2D eigenvalue weighted by Gasteiger charge is -2.18. The van der Waals surface area contributed by atoms with Crippen molar-refractivity contribution >= 4 is 23.2 Å². The largest absolute Gasteiger partial charge is 0.486 e. The molecule has 1 aliphatic rings. The molecule has 0 saturated heterocycles. The molecule has 0 spiro atoms. The molecule has 0 bridgehead atoms. The van der Waals surface area contributed by atoms with Crippen molar-refractivity contribution in [3.63, 3.8) is 0 Å². The molecule has 2 amide bonds. The fourth-order valence-electron chi connectivity index (χ4n) is 3.10. The van der Waals surface area contributed by atoms with Crippen LogP contribution in [-0.2, 0) is 6.18 Å². The van der Waals surface area contributed by atoms with Gasteiger partial charge in [-0.15, -0.1) is 0 Å². The third kappa shape index (κ3) is 4.83. The highest BCUT2D eigenvalue weighted by molar-refractivity contribution is 6.07. The third-order valence-corrected chi connectivity index (χ3v) is 4.63. The predicted molar refractivity (Wildman–Crippen MR) is 111 cm³/mol. The van der Waals surface area contributed by atoms with Gasteiger partial charge in [0.1, 0.15) is 13.2 Å². The van der Waals surface area contributed by atoms with Gasteiger partial charge in [0.15, 0.2) is 11.5 Å². The van der Waals surface area contributed by atoms with E-state index in [0.29, 0.717) is 36.0 Å². The first-order valence-electron chi connectivity index (χ1n) is 9.59. The van der Waals surface area contributed by atoms with E-state index in [1.54, 1.807) is 30.3 Å². The molecule has 2 N–H and O–H groups in total. The second-order valence-electron chi connectivity index (χ2n) is 6.93. The Morgan fingerprint density at radius 2 is 1.31 bits per heavy atom. The van der Waals surface area contributed by atoms with Gasteiger partial charge in [0, 0.05) is 22.5 Å². The fourth-order valence-corrected chi connectivity index (χ4v) is 3.10. The lowest BCUT2D eigenvalue weighted by Crippen LogP contribution is -2.17. The van der Waals surface area contributed by atoms with E-state index in [1.165, 1.54) is 24.3 Å². The summed E-state index contributed by atoms with van der Waals surface area (Å²) in [6.45, 7) is 0.828. The molecule has 1 aliphatic heterocycles. The summed E-state index contributed by atoms with van der Waals surface area (Å²) in [6, 6.07) is 15.2. The first-order chi connectivity index (χ1) is 15.3. The number of alkyl halides is 3. The Morgan fingerprint density at radius 3 is 2.00 bits per heavy atom. The number of benzene rings is 3. The Bertz CT molecular complexity index is 1180. The van der Waals surface area contributed by atoms with Crippen LogP contribution < -0.4 is 20.1 Å². The molecular formula is C23H17F3N2O4. The van der Waals surface area contributed by atoms with E-state index in [1.807, 2.05) is 0 Å². The van der Waals surface area contributed by atoms with Gasteiger partial charge >= 0.3 is 6.18 Å². The van der Waals surface area contributed by atoms with Crippen LogP contribution in [0.4, 0.5) is 24.5 Å². The quantitative estimate of drug-likeness (QED) is 0.598. The molecule has 0 atom stereocenters. The van der Waals surface area contributed by atoms with E-state index in [-0.39, 0.29) is 11.3 Å². The van der Waals surface area contributed by atoms with Crippen molar-refractivity contribution in [2.24, 2.45) is 0 Å². The molecule has 32 heavy (non-hydrogen) atoms. The van der Waals surface area contributed by atoms with Crippen molar-refractivity contribution in [2.75, 3.05) is 23.8 Å². The van der Waals surface area contributed by atoms with Crippen LogP contribution in [0.1, 0.15) is 26.3 Å². The van der Waals surface area contributed by atoms with Crippen molar-refractivity contribution in [3.8, 4) is 11.5 Å². The van der Waals surface area contributed by atoms with Gasteiger partial charge in [-0.05, 0) is 54.6 Å². The summed E-state index contributed by atoms with van der Waals surface area (Å²) in [4.78, 5) is 25.1. The van der Waals surface area contributed by atoms with Gasteiger partial charge in [0.2, 0.25) is 0 Å². The van der Waals surface area contributed by atoms with Crippen molar-refractivity contribution in [2.45, 2.75) is 6.18 Å². The summed E-state index contributed by atoms with van der Waals surface area (Å²) in [7, 11) is 0. The van der Waals surface area contributed by atoms with Gasteiger partial charge in [-0.2, -0.15) is 13.2 Å². The Hall–Kier alpha value is -4.01. The lowest BCUT2D eigenvalue weighted by molar-refractivity contribution is -0.137. The summed E-state index contributed by atoms with van der Waals surface area (Å²) in [5.74, 6) is -0.00339. The van der Waals surface area contributed by atoms with Gasteiger partial charge in [-0.3, -0.25) is 9.59 Å². The predicted octanol–water partition coefficient (Wildman–Crippen LogP) is 4.98. The molecule has 6 nitrogen and oxygen atoms in total. The minimum atomic E-state index is -4.52. The van der Waals surface area contributed by atoms with Crippen molar-refractivity contribution in [1.82, 2.24) is 0 Å². The van der Waals surface area contributed by atoms with Gasteiger partial charge in [-0.1, -0.05) is 12.1 Å². The van der Waals surface area contributed by atoms with Crippen LogP contribution in [0.5, 0.6) is 11.5 Å². The minimum absolute atomic E-state index is 0.00976. The second kappa shape index (κ2) is 8.62. The summed E-state index contributed by atoms with van der Waals surface area (Å²) in [5.41, 5.74) is 0.00308. The van der Waals surface area contributed by atoms with Crippen LogP contribution in [0.15, 0.2) is 66.7 Å². The number of fused-ring (bicyclic) bond motifs is 1. The first kappa shape index (κ1) is 21.2. The average molecular weight is 442 g/mol. The van der Waals surface area contributed by atoms with Crippen LogP contribution in [0.3, 0.4) is 0 Å². The number of hydrogen-bond donors (Lipinski definition) is 2. The van der Waals surface area contributed by atoms with Crippen LogP contribution in [0, 0.1) is 0 Å². The van der Waals surface area contributed by atoms with Gasteiger partial charge in [0.25, 0.3) is 11.8 Å². The molecule has 9 heteroatoms. The zero-order chi connectivity index (χ0) is 22.7. The molecule has 0 aromatic heterocycles. The first-order valence-corrected chi connectivity index (χ1v) is 9.59. The standard InChI is InChI=1S/C23H17F3N2O4/c24-23(25,26)16-4-2-6-18(13-16)28-21(29)14-3-1-5-17(11-14)27-22(30)15-7-8-19-20(12-15)32-10-9-31-19/h1-8,11-13H,9-10H2,(H,27,30)(H,28,29). The Labute approximate surface area is 181 Å². The molecule has 0 saturated carbocycles. The van der Waals surface area contributed by atoms with E-state index < -0.39 is 23.6 Å². The number of rotatable bonds is 4. The van der Waals surface area contributed by atoms with Crippen LogP contribution in [0.2, 0.25) is 0 Å². The number of anilines is 2. The molecule has 0 fully saturated rings. The Kier molecular flexibility index (Phi) is 5.72. The van der Waals surface area contributed by atoms with Crippen LogP contribution >= 0.6 is 0 Å². The number of carbonyl (C=O) groups is 2. The molecule has 4 rings (SSSR count).